The molecule has 3 aliphatic carbocycles. The van der Waals surface area contributed by atoms with E-state index in [1.807, 2.05) is 12.3 Å². The molecule has 0 spiro atoms. The third-order valence-corrected chi connectivity index (χ3v) is 10.4. The first-order valence-electron chi connectivity index (χ1n) is 17.7. The number of allylic oxidation sites excluding steroid dienone is 5. The summed E-state index contributed by atoms with van der Waals surface area (Å²) in [6.07, 6.45) is 26.5. The summed E-state index contributed by atoms with van der Waals surface area (Å²) in [7, 11) is 0. The molecule has 4 nitrogen and oxygen atoms in total. The smallest absolute Gasteiger partial charge is 0.164 e. The van der Waals surface area contributed by atoms with E-state index in [4.69, 9.17) is 19.9 Å². The van der Waals surface area contributed by atoms with Crippen LogP contribution in [0.1, 0.15) is 57.7 Å². The molecule has 0 bridgehead atoms. The molecule has 0 saturated heterocycles. The van der Waals surface area contributed by atoms with Crippen LogP contribution in [0.3, 0.4) is 0 Å². The molecule has 4 aliphatic rings. The Kier molecular flexibility index (Phi) is 7.65. The molecule has 50 heavy (non-hydrogen) atoms. The predicted molar refractivity (Wildman–Crippen MR) is 207 cm³/mol. The lowest BCUT2D eigenvalue weighted by Crippen LogP contribution is -2.21. The van der Waals surface area contributed by atoms with Crippen molar-refractivity contribution >= 4 is 18.4 Å². The number of aliphatic imine (C=N–C) groups is 1. The van der Waals surface area contributed by atoms with Crippen molar-refractivity contribution in [3.05, 3.63) is 160 Å². The Bertz CT molecular complexity index is 2270. The fourth-order valence-electron chi connectivity index (χ4n) is 7.76. The average Bonchev–Trinajstić information content (AvgIpc) is 3.17. The number of hydrogen-bond acceptors (Lipinski definition) is 4. The first kappa shape index (κ1) is 30.3. The van der Waals surface area contributed by atoms with E-state index < -0.39 is 0 Å². The van der Waals surface area contributed by atoms with Crippen molar-refractivity contribution in [2.45, 2.75) is 51.5 Å². The molecule has 1 aromatic heterocycles. The second-order valence-corrected chi connectivity index (χ2v) is 13.8. The van der Waals surface area contributed by atoms with Gasteiger partial charge in [0.05, 0.1) is 6.04 Å². The zero-order valence-electron chi connectivity index (χ0n) is 28.5. The van der Waals surface area contributed by atoms with Crippen molar-refractivity contribution in [1.82, 2.24) is 15.0 Å². The summed E-state index contributed by atoms with van der Waals surface area (Å²) in [5.74, 6) is 2.08. The molecule has 4 heteroatoms. The van der Waals surface area contributed by atoms with E-state index in [2.05, 4.69) is 135 Å². The molecule has 0 N–H and O–H groups in total. The molecule has 9 rings (SSSR count). The third-order valence-electron chi connectivity index (χ3n) is 10.4. The first-order valence-corrected chi connectivity index (χ1v) is 17.7. The van der Waals surface area contributed by atoms with Gasteiger partial charge < -0.3 is 0 Å². The van der Waals surface area contributed by atoms with Crippen molar-refractivity contribution in [3.8, 4) is 45.3 Å². The van der Waals surface area contributed by atoms with Gasteiger partial charge in [0.15, 0.2) is 17.5 Å². The predicted octanol–water partition coefficient (Wildman–Crippen LogP) is 10.7. The summed E-state index contributed by atoms with van der Waals surface area (Å²) in [4.78, 5) is 20.4. The maximum Gasteiger partial charge on any atom is 0.164 e. The number of aryl methyl sites for hydroxylation is 2. The van der Waals surface area contributed by atoms with E-state index >= 15 is 0 Å². The Hall–Kier alpha value is -5.74. The van der Waals surface area contributed by atoms with Gasteiger partial charge in [-0.3, -0.25) is 4.99 Å². The molecular formula is C46H38N4. The van der Waals surface area contributed by atoms with E-state index in [-0.39, 0.29) is 12.0 Å². The van der Waals surface area contributed by atoms with Crippen molar-refractivity contribution in [2.24, 2.45) is 4.99 Å². The highest BCUT2D eigenvalue weighted by molar-refractivity contribution is 5.85. The van der Waals surface area contributed by atoms with Crippen LogP contribution in [0.25, 0.3) is 57.4 Å². The minimum atomic E-state index is 0.0259. The van der Waals surface area contributed by atoms with Gasteiger partial charge in [-0.15, -0.1) is 0 Å². The summed E-state index contributed by atoms with van der Waals surface area (Å²) >= 11 is 0. The van der Waals surface area contributed by atoms with Gasteiger partial charge in [-0.05, 0) is 108 Å². The van der Waals surface area contributed by atoms with Crippen molar-refractivity contribution < 1.29 is 0 Å². The quantitative estimate of drug-likeness (QED) is 0.191. The molecule has 5 aromatic rings. The summed E-state index contributed by atoms with van der Waals surface area (Å²) in [6.45, 7) is 4.20. The SMILES string of the molecule is Cc1ccc(-c2nc(-c3ccc(C)cc3)nc(-c3cc(-c4cc5c(c6c4C=CCC6)CCC=C5)cc(C4C=CC=C5C=CC=NC54)c3)n2)cc1. The molecule has 2 unspecified atom stereocenters. The lowest BCUT2D eigenvalue weighted by Gasteiger charge is -2.28. The topological polar surface area (TPSA) is 51.0 Å². The van der Waals surface area contributed by atoms with E-state index in [0.29, 0.717) is 17.5 Å². The highest BCUT2D eigenvalue weighted by Crippen LogP contribution is 2.42. The van der Waals surface area contributed by atoms with Crippen LogP contribution in [0.5, 0.6) is 0 Å². The molecule has 4 aromatic carbocycles. The highest BCUT2D eigenvalue weighted by atomic mass is 15.0. The van der Waals surface area contributed by atoms with E-state index in [9.17, 15) is 0 Å². The number of aromatic nitrogens is 3. The minimum Gasteiger partial charge on any atom is -0.284 e. The van der Waals surface area contributed by atoms with Gasteiger partial charge in [0.1, 0.15) is 0 Å². The number of fused-ring (bicyclic) bond motifs is 4. The van der Waals surface area contributed by atoms with Crippen LogP contribution < -0.4 is 0 Å². The molecule has 1 aliphatic heterocycles. The molecule has 0 fully saturated rings. The molecular weight excluding hydrogens is 609 g/mol. The maximum absolute atomic E-state index is 5.19. The summed E-state index contributed by atoms with van der Waals surface area (Å²) in [6, 6.07) is 26.3. The Morgan fingerprint density at radius 3 is 1.96 bits per heavy atom. The number of hydrogen-bond donors (Lipinski definition) is 0. The summed E-state index contributed by atoms with van der Waals surface area (Å²) in [5, 5.41) is 0. The fraction of sp³-hybridized carbons (Fsp3) is 0.174. The number of dihydropyridines is 1. The Morgan fingerprint density at radius 1 is 0.600 bits per heavy atom. The molecule has 242 valence electrons. The Labute approximate surface area is 294 Å². The zero-order chi connectivity index (χ0) is 33.6. The lowest BCUT2D eigenvalue weighted by atomic mass is 9.79. The molecule has 0 radical (unpaired) electrons. The van der Waals surface area contributed by atoms with Crippen molar-refractivity contribution in [3.63, 3.8) is 0 Å². The van der Waals surface area contributed by atoms with Crippen molar-refractivity contribution in [1.29, 1.82) is 0 Å². The zero-order valence-corrected chi connectivity index (χ0v) is 28.5. The van der Waals surface area contributed by atoms with Gasteiger partial charge in [-0.2, -0.15) is 0 Å². The second kappa shape index (κ2) is 12.6. The lowest BCUT2D eigenvalue weighted by molar-refractivity contribution is 0.692. The fourth-order valence-corrected chi connectivity index (χ4v) is 7.76. The van der Waals surface area contributed by atoms with Crippen LogP contribution in [0.15, 0.2) is 126 Å². The standard InChI is InChI=1S/C46H38N4/c1-29-16-20-32(21-17-29)44-48-45(33-22-18-30(2)19-23-33)50-46(49-44)37-26-35(39-15-7-10-31-11-8-24-47-43(31)39)25-36(27-37)42-28-34-9-3-4-12-38(34)40-13-5-6-14-41(40)42/h3,6-11,14-28,39,43H,4-5,12-13H2,1-2H3. The van der Waals surface area contributed by atoms with Crippen LogP contribution in [-0.4, -0.2) is 27.2 Å². The number of benzene rings is 4. The summed E-state index contributed by atoms with van der Waals surface area (Å²) < 4.78 is 0. The normalized spacial score (nSPS) is 18.4. The molecule has 2 atom stereocenters. The average molecular weight is 647 g/mol. The monoisotopic (exact) mass is 646 g/mol. The Morgan fingerprint density at radius 2 is 1.24 bits per heavy atom. The largest absolute Gasteiger partial charge is 0.284 e. The van der Waals surface area contributed by atoms with Crippen LogP contribution in [0.4, 0.5) is 0 Å². The highest BCUT2D eigenvalue weighted by Gasteiger charge is 2.28. The van der Waals surface area contributed by atoms with E-state index in [1.165, 1.54) is 55.6 Å². The van der Waals surface area contributed by atoms with Crippen LogP contribution >= 0.6 is 0 Å². The minimum absolute atomic E-state index is 0.0259. The van der Waals surface area contributed by atoms with Gasteiger partial charge >= 0.3 is 0 Å². The first-order chi connectivity index (χ1) is 24.6. The molecule has 2 heterocycles. The van der Waals surface area contributed by atoms with Gasteiger partial charge in [0, 0.05) is 28.8 Å². The van der Waals surface area contributed by atoms with Gasteiger partial charge in [-0.25, -0.2) is 15.0 Å². The van der Waals surface area contributed by atoms with E-state index in [0.717, 1.165) is 42.4 Å². The second-order valence-electron chi connectivity index (χ2n) is 13.8. The number of rotatable bonds is 5. The van der Waals surface area contributed by atoms with Gasteiger partial charge in [-0.1, -0.05) is 114 Å². The number of nitrogens with zero attached hydrogens (tertiary/aromatic N) is 4. The van der Waals surface area contributed by atoms with Crippen LogP contribution in [0, 0.1) is 13.8 Å². The third kappa shape index (κ3) is 5.61. The molecule has 0 saturated carbocycles. The van der Waals surface area contributed by atoms with E-state index in [1.54, 1.807) is 0 Å². The van der Waals surface area contributed by atoms with Crippen LogP contribution in [0.2, 0.25) is 0 Å². The summed E-state index contributed by atoms with van der Waals surface area (Å²) in [5.41, 5.74) is 15.9. The van der Waals surface area contributed by atoms with Crippen molar-refractivity contribution in [2.75, 3.05) is 0 Å². The van der Waals surface area contributed by atoms with Crippen LogP contribution in [-0.2, 0) is 12.8 Å². The van der Waals surface area contributed by atoms with Gasteiger partial charge in [0.2, 0.25) is 0 Å². The molecule has 0 amide bonds. The Balaban J connectivity index is 1.28. The maximum atomic E-state index is 5.19. The van der Waals surface area contributed by atoms with Gasteiger partial charge in [0.25, 0.3) is 0 Å².